The molecule has 0 aliphatic heterocycles. The second kappa shape index (κ2) is 6.08. The summed E-state index contributed by atoms with van der Waals surface area (Å²) in [6.07, 6.45) is 2.61. The standard InChI is InChI=1S/C12H17N3.HI/c1-9-2-6-11(7-3-9)15-12(13)14-8-10-4-5-10;/h2-3,6-7,10H,4-5,8H2,1H3,(H3,13,14,15);1H. The molecular weight excluding hydrogens is 313 g/mol. The summed E-state index contributed by atoms with van der Waals surface area (Å²) in [7, 11) is 0. The summed E-state index contributed by atoms with van der Waals surface area (Å²) in [5, 5.41) is 3.08. The maximum Gasteiger partial charge on any atom is 0.193 e. The molecule has 3 nitrogen and oxygen atoms in total. The summed E-state index contributed by atoms with van der Waals surface area (Å²) < 4.78 is 0. The number of aryl methyl sites for hydroxylation is 1. The second-order valence-electron chi connectivity index (χ2n) is 4.16. The van der Waals surface area contributed by atoms with Gasteiger partial charge in [0.05, 0.1) is 0 Å². The van der Waals surface area contributed by atoms with Gasteiger partial charge in [-0.15, -0.1) is 24.0 Å². The molecule has 0 saturated heterocycles. The summed E-state index contributed by atoms with van der Waals surface area (Å²) in [6, 6.07) is 8.12. The van der Waals surface area contributed by atoms with Crippen LogP contribution in [0.2, 0.25) is 0 Å². The summed E-state index contributed by atoms with van der Waals surface area (Å²) in [4.78, 5) is 4.29. The lowest BCUT2D eigenvalue weighted by Crippen LogP contribution is -2.23. The molecule has 1 fully saturated rings. The number of rotatable bonds is 3. The van der Waals surface area contributed by atoms with Crippen LogP contribution in [0.3, 0.4) is 0 Å². The highest BCUT2D eigenvalue weighted by atomic mass is 127. The van der Waals surface area contributed by atoms with Crippen molar-refractivity contribution in [3.8, 4) is 0 Å². The van der Waals surface area contributed by atoms with E-state index < -0.39 is 0 Å². The van der Waals surface area contributed by atoms with Crippen molar-refractivity contribution in [2.24, 2.45) is 16.6 Å². The Bertz CT molecular complexity index is 355. The maximum atomic E-state index is 5.76. The summed E-state index contributed by atoms with van der Waals surface area (Å²) in [5.74, 6) is 1.30. The van der Waals surface area contributed by atoms with Crippen molar-refractivity contribution in [1.29, 1.82) is 0 Å². The summed E-state index contributed by atoms with van der Waals surface area (Å²) in [6.45, 7) is 2.93. The number of hydrogen-bond acceptors (Lipinski definition) is 1. The normalized spacial score (nSPS) is 15.4. The quantitative estimate of drug-likeness (QED) is 0.508. The zero-order valence-corrected chi connectivity index (χ0v) is 11.8. The zero-order chi connectivity index (χ0) is 10.7. The highest BCUT2D eigenvalue weighted by molar-refractivity contribution is 14.0. The number of guanidine groups is 1. The lowest BCUT2D eigenvalue weighted by atomic mass is 10.2. The number of halogens is 1. The molecule has 0 heterocycles. The van der Waals surface area contributed by atoms with Crippen molar-refractivity contribution in [2.75, 3.05) is 11.9 Å². The topological polar surface area (TPSA) is 50.4 Å². The Labute approximate surface area is 114 Å². The molecule has 0 atom stereocenters. The predicted molar refractivity (Wildman–Crippen MR) is 79.4 cm³/mol. The zero-order valence-electron chi connectivity index (χ0n) is 9.44. The Morgan fingerprint density at radius 2 is 2.00 bits per heavy atom. The van der Waals surface area contributed by atoms with Crippen LogP contribution in [0.25, 0.3) is 0 Å². The molecule has 0 bridgehead atoms. The molecule has 0 aromatic heterocycles. The molecule has 1 aromatic rings. The number of aliphatic imine (C=N–C) groups is 1. The second-order valence-corrected chi connectivity index (χ2v) is 4.16. The van der Waals surface area contributed by atoms with E-state index in [1.807, 2.05) is 12.1 Å². The minimum absolute atomic E-state index is 0. The van der Waals surface area contributed by atoms with E-state index in [1.54, 1.807) is 0 Å². The fourth-order valence-corrected chi connectivity index (χ4v) is 1.35. The average Bonchev–Trinajstić information content (AvgIpc) is 3.02. The van der Waals surface area contributed by atoms with Crippen LogP contribution in [0.5, 0.6) is 0 Å². The van der Waals surface area contributed by atoms with Crippen LogP contribution in [-0.2, 0) is 0 Å². The van der Waals surface area contributed by atoms with E-state index in [1.165, 1.54) is 18.4 Å². The smallest absolute Gasteiger partial charge is 0.193 e. The first kappa shape index (κ1) is 13.3. The van der Waals surface area contributed by atoms with E-state index in [2.05, 4.69) is 29.4 Å². The average molecular weight is 331 g/mol. The molecule has 1 aromatic carbocycles. The van der Waals surface area contributed by atoms with Gasteiger partial charge in [-0.3, -0.25) is 4.99 Å². The Balaban J connectivity index is 0.00000128. The minimum atomic E-state index is 0. The summed E-state index contributed by atoms with van der Waals surface area (Å²) in [5.41, 5.74) is 8.00. The largest absolute Gasteiger partial charge is 0.370 e. The molecule has 0 amide bonds. The van der Waals surface area contributed by atoms with Crippen LogP contribution >= 0.6 is 24.0 Å². The van der Waals surface area contributed by atoms with Crippen molar-refractivity contribution >= 4 is 35.6 Å². The van der Waals surface area contributed by atoms with Crippen molar-refractivity contribution in [2.45, 2.75) is 19.8 Å². The van der Waals surface area contributed by atoms with E-state index in [9.17, 15) is 0 Å². The molecule has 1 saturated carbocycles. The van der Waals surface area contributed by atoms with Crippen LogP contribution in [0, 0.1) is 12.8 Å². The maximum absolute atomic E-state index is 5.76. The number of nitrogens with one attached hydrogen (secondary N) is 1. The van der Waals surface area contributed by atoms with E-state index >= 15 is 0 Å². The number of nitrogens with two attached hydrogens (primary N) is 1. The van der Waals surface area contributed by atoms with Crippen LogP contribution < -0.4 is 11.1 Å². The molecule has 0 spiro atoms. The lowest BCUT2D eigenvalue weighted by molar-refractivity contribution is 0.846. The third kappa shape index (κ3) is 4.38. The summed E-state index contributed by atoms with van der Waals surface area (Å²) >= 11 is 0. The van der Waals surface area contributed by atoms with E-state index in [0.29, 0.717) is 5.96 Å². The van der Waals surface area contributed by atoms with Gasteiger partial charge in [0.25, 0.3) is 0 Å². The third-order valence-electron chi connectivity index (χ3n) is 2.54. The molecule has 1 aliphatic carbocycles. The Morgan fingerprint density at radius 1 is 1.38 bits per heavy atom. The van der Waals surface area contributed by atoms with Gasteiger partial charge in [-0.25, -0.2) is 0 Å². The molecule has 0 unspecified atom stereocenters. The Morgan fingerprint density at radius 3 is 2.56 bits per heavy atom. The van der Waals surface area contributed by atoms with Crippen molar-refractivity contribution < 1.29 is 0 Å². The van der Waals surface area contributed by atoms with Crippen LogP contribution in [-0.4, -0.2) is 12.5 Å². The fraction of sp³-hybridized carbons (Fsp3) is 0.417. The Kier molecular flexibility index (Phi) is 5.05. The lowest BCUT2D eigenvalue weighted by Gasteiger charge is -2.05. The molecule has 2 rings (SSSR count). The number of anilines is 1. The van der Waals surface area contributed by atoms with Crippen molar-refractivity contribution in [3.63, 3.8) is 0 Å². The number of nitrogens with zero attached hydrogens (tertiary/aromatic N) is 1. The molecule has 4 heteroatoms. The monoisotopic (exact) mass is 331 g/mol. The highest BCUT2D eigenvalue weighted by Crippen LogP contribution is 2.28. The molecular formula is C12H18IN3. The van der Waals surface area contributed by atoms with E-state index in [0.717, 1.165) is 18.2 Å². The van der Waals surface area contributed by atoms with E-state index in [-0.39, 0.29) is 24.0 Å². The van der Waals surface area contributed by atoms with Gasteiger partial charge in [0.1, 0.15) is 0 Å². The van der Waals surface area contributed by atoms with Gasteiger partial charge in [0, 0.05) is 12.2 Å². The molecule has 0 radical (unpaired) electrons. The number of benzene rings is 1. The SMILES string of the molecule is Cc1ccc(NC(N)=NCC2CC2)cc1.I. The first-order valence-corrected chi connectivity index (χ1v) is 5.37. The molecule has 16 heavy (non-hydrogen) atoms. The predicted octanol–water partition coefficient (Wildman–Crippen LogP) is 2.75. The van der Waals surface area contributed by atoms with Crippen LogP contribution in [0.1, 0.15) is 18.4 Å². The van der Waals surface area contributed by atoms with Crippen molar-refractivity contribution in [1.82, 2.24) is 0 Å². The van der Waals surface area contributed by atoms with Gasteiger partial charge < -0.3 is 11.1 Å². The van der Waals surface area contributed by atoms with Gasteiger partial charge in [-0.2, -0.15) is 0 Å². The van der Waals surface area contributed by atoms with Gasteiger partial charge >= 0.3 is 0 Å². The third-order valence-corrected chi connectivity index (χ3v) is 2.54. The van der Waals surface area contributed by atoms with E-state index in [4.69, 9.17) is 5.73 Å². The van der Waals surface area contributed by atoms with Gasteiger partial charge in [-0.05, 0) is 37.8 Å². The first-order valence-electron chi connectivity index (χ1n) is 5.37. The highest BCUT2D eigenvalue weighted by Gasteiger charge is 2.20. The van der Waals surface area contributed by atoms with Crippen molar-refractivity contribution in [3.05, 3.63) is 29.8 Å². The van der Waals surface area contributed by atoms with Crippen LogP contribution in [0.4, 0.5) is 5.69 Å². The first-order chi connectivity index (χ1) is 7.24. The molecule has 88 valence electrons. The van der Waals surface area contributed by atoms with Gasteiger partial charge in [-0.1, -0.05) is 17.7 Å². The molecule has 3 N–H and O–H groups in total. The number of hydrogen-bond donors (Lipinski definition) is 2. The Hall–Kier alpha value is -0.780. The van der Waals surface area contributed by atoms with Gasteiger partial charge in [0.15, 0.2) is 5.96 Å². The van der Waals surface area contributed by atoms with Crippen LogP contribution in [0.15, 0.2) is 29.3 Å². The minimum Gasteiger partial charge on any atom is -0.370 e. The fourth-order valence-electron chi connectivity index (χ4n) is 1.35. The van der Waals surface area contributed by atoms with Gasteiger partial charge in [0.2, 0.25) is 0 Å². The molecule has 1 aliphatic rings.